The second kappa shape index (κ2) is 12.1. The van der Waals surface area contributed by atoms with Crippen LogP contribution in [0.15, 0.2) is 49.1 Å². The molecule has 2 fully saturated rings. The predicted molar refractivity (Wildman–Crippen MR) is 150 cm³/mol. The number of hydrogen-bond acceptors (Lipinski definition) is 9. The van der Waals surface area contributed by atoms with E-state index in [9.17, 15) is 0 Å². The molecule has 11 heteroatoms. The first-order valence-corrected chi connectivity index (χ1v) is 14.0. The van der Waals surface area contributed by atoms with Crippen molar-refractivity contribution in [2.45, 2.75) is 38.3 Å². The van der Waals surface area contributed by atoms with Gasteiger partial charge in [-0.3, -0.25) is 4.90 Å². The Kier molecular flexibility index (Phi) is 7.98. The van der Waals surface area contributed by atoms with Crippen LogP contribution in [0.5, 0.6) is 0 Å². The highest BCUT2D eigenvalue weighted by Crippen LogP contribution is 2.33. The van der Waals surface area contributed by atoms with E-state index in [1.54, 1.807) is 6.20 Å². The molecule has 6 rings (SSSR count). The van der Waals surface area contributed by atoms with Crippen molar-refractivity contribution in [1.29, 1.82) is 0 Å². The third-order valence-corrected chi connectivity index (χ3v) is 7.74. The Morgan fingerprint density at radius 1 is 1.00 bits per heavy atom. The third kappa shape index (κ3) is 5.90. The van der Waals surface area contributed by atoms with Gasteiger partial charge in [-0.05, 0) is 36.6 Å². The molecule has 39 heavy (non-hydrogen) atoms. The number of fused-ring (bicyclic) bond motifs is 1. The Hall–Kier alpha value is -3.54. The number of aliphatic hydroxyl groups is 1. The van der Waals surface area contributed by atoms with Crippen LogP contribution in [-0.4, -0.2) is 91.9 Å². The van der Waals surface area contributed by atoms with Gasteiger partial charge in [0.25, 0.3) is 0 Å². The molecular weight excluding hydrogens is 494 g/mol. The minimum Gasteiger partial charge on any atom is -0.394 e. The maximum atomic E-state index is 8.91. The molecule has 0 bridgehead atoms. The summed E-state index contributed by atoms with van der Waals surface area (Å²) in [4.78, 5) is 19.5. The molecule has 11 nitrogen and oxygen atoms in total. The van der Waals surface area contributed by atoms with E-state index >= 15 is 0 Å². The van der Waals surface area contributed by atoms with Crippen LogP contribution in [0.4, 0.5) is 11.8 Å². The highest BCUT2D eigenvalue weighted by molar-refractivity contribution is 5.84. The van der Waals surface area contributed by atoms with E-state index in [-0.39, 0.29) is 6.61 Å². The summed E-state index contributed by atoms with van der Waals surface area (Å²) >= 11 is 0. The predicted octanol–water partition coefficient (Wildman–Crippen LogP) is 2.87. The van der Waals surface area contributed by atoms with Gasteiger partial charge in [0.15, 0.2) is 17.0 Å². The number of benzene rings is 1. The SMILES string of the molecule is OCCOCCN1CCN(c2nc(NCc3ccc(-n4cccn4)cc3)c3ncn(C4CCCC4)c3n2)CC1. The summed E-state index contributed by atoms with van der Waals surface area (Å²) in [6.45, 7) is 6.19. The number of nitrogens with one attached hydrogen (secondary N) is 1. The fourth-order valence-corrected chi connectivity index (χ4v) is 5.52. The minimum absolute atomic E-state index is 0.0675. The number of aliphatic hydroxyl groups excluding tert-OH is 1. The summed E-state index contributed by atoms with van der Waals surface area (Å²) in [6, 6.07) is 10.8. The van der Waals surface area contributed by atoms with Crippen LogP contribution in [0.25, 0.3) is 16.9 Å². The molecule has 0 radical (unpaired) electrons. The van der Waals surface area contributed by atoms with E-state index in [1.165, 1.54) is 25.7 Å². The molecule has 3 aromatic heterocycles. The second-order valence-electron chi connectivity index (χ2n) is 10.3. The number of imidazole rings is 1. The minimum atomic E-state index is 0.0675. The largest absolute Gasteiger partial charge is 0.394 e. The Labute approximate surface area is 228 Å². The topological polar surface area (TPSA) is 109 Å². The van der Waals surface area contributed by atoms with Crippen molar-refractivity contribution < 1.29 is 9.84 Å². The molecule has 4 heterocycles. The molecule has 1 saturated carbocycles. The highest BCUT2D eigenvalue weighted by atomic mass is 16.5. The first-order valence-electron chi connectivity index (χ1n) is 14.0. The maximum Gasteiger partial charge on any atom is 0.229 e. The van der Waals surface area contributed by atoms with E-state index < -0.39 is 0 Å². The average Bonchev–Trinajstić information content (AvgIpc) is 3.77. The van der Waals surface area contributed by atoms with E-state index in [4.69, 9.17) is 24.8 Å². The van der Waals surface area contributed by atoms with Gasteiger partial charge in [-0.2, -0.15) is 15.1 Å². The van der Waals surface area contributed by atoms with Gasteiger partial charge in [-0.1, -0.05) is 25.0 Å². The van der Waals surface area contributed by atoms with Gasteiger partial charge in [-0.15, -0.1) is 0 Å². The van der Waals surface area contributed by atoms with Crippen molar-refractivity contribution in [1.82, 2.24) is 34.2 Å². The van der Waals surface area contributed by atoms with Crippen LogP contribution in [0.1, 0.15) is 37.3 Å². The van der Waals surface area contributed by atoms with Crippen molar-refractivity contribution in [2.75, 3.05) is 62.8 Å². The molecule has 0 amide bonds. The van der Waals surface area contributed by atoms with Crippen LogP contribution < -0.4 is 10.2 Å². The fraction of sp³-hybridized carbons (Fsp3) is 0.500. The van der Waals surface area contributed by atoms with Gasteiger partial charge in [0.05, 0.1) is 31.8 Å². The van der Waals surface area contributed by atoms with Gasteiger partial charge in [0.1, 0.15) is 0 Å². The molecular formula is C28H37N9O2. The lowest BCUT2D eigenvalue weighted by Gasteiger charge is -2.34. The Morgan fingerprint density at radius 3 is 2.56 bits per heavy atom. The summed E-state index contributed by atoms with van der Waals surface area (Å²) in [7, 11) is 0. The monoisotopic (exact) mass is 531 g/mol. The standard InChI is InChI=1S/C28H37N9O2/c38-17-19-39-18-16-34-12-14-35(15-13-34)28-32-26(25-27(33-28)36(21-30-25)23-4-1-2-5-23)29-20-22-6-8-24(9-7-22)37-11-3-10-31-37/h3,6-11,21,23,38H,1-2,4-5,12-20H2,(H,29,32,33). The molecule has 4 aromatic rings. The number of rotatable bonds is 11. The zero-order valence-corrected chi connectivity index (χ0v) is 22.3. The Balaban J connectivity index is 1.20. The lowest BCUT2D eigenvalue weighted by atomic mass is 10.2. The maximum absolute atomic E-state index is 8.91. The average molecular weight is 532 g/mol. The molecule has 206 valence electrons. The second-order valence-corrected chi connectivity index (χ2v) is 10.3. The number of nitrogens with zero attached hydrogens (tertiary/aromatic N) is 8. The molecule has 2 aliphatic rings. The van der Waals surface area contributed by atoms with E-state index in [2.05, 4.69) is 49.0 Å². The molecule has 0 unspecified atom stereocenters. The van der Waals surface area contributed by atoms with Gasteiger partial charge in [-0.25, -0.2) is 9.67 Å². The summed E-state index contributed by atoms with van der Waals surface area (Å²) in [5, 5.41) is 16.8. The van der Waals surface area contributed by atoms with E-state index in [1.807, 2.05) is 23.3 Å². The third-order valence-electron chi connectivity index (χ3n) is 7.74. The Morgan fingerprint density at radius 2 is 1.82 bits per heavy atom. The van der Waals surface area contributed by atoms with Crippen molar-refractivity contribution >= 4 is 22.9 Å². The van der Waals surface area contributed by atoms with Crippen LogP contribution in [0.2, 0.25) is 0 Å². The first-order chi connectivity index (χ1) is 19.3. The molecule has 0 atom stereocenters. The van der Waals surface area contributed by atoms with Gasteiger partial charge >= 0.3 is 0 Å². The smallest absolute Gasteiger partial charge is 0.229 e. The molecule has 1 aromatic carbocycles. The number of hydrogen-bond donors (Lipinski definition) is 2. The molecule has 1 aliphatic heterocycles. The first kappa shape index (κ1) is 25.7. The summed E-state index contributed by atoms with van der Waals surface area (Å²) in [5.41, 5.74) is 3.94. The fourth-order valence-electron chi connectivity index (χ4n) is 5.52. The molecule has 1 saturated heterocycles. The summed E-state index contributed by atoms with van der Waals surface area (Å²) in [5.74, 6) is 1.54. The molecule has 2 N–H and O–H groups in total. The van der Waals surface area contributed by atoms with E-state index in [0.29, 0.717) is 25.8 Å². The number of aromatic nitrogens is 6. The van der Waals surface area contributed by atoms with Gasteiger partial charge in [0.2, 0.25) is 5.95 Å². The normalized spacial score (nSPS) is 16.9. The van der Waals surface area contributed by atoms with Gasteiger partial charge < -0.3 is 24.6 Å². The molecule has 1 aliphatic carbocycles. The van der Waals surface area contributed by atoms with Crippen LogP contribution >= 0.6 is 0 Å². The van der Waals surface area contributed by atoms with Crippen LogP contribution in [-0.2, 0) is 11.3 Å². The van der Waals surface area contributed by atoms with Crippen LogP contribution in [0, 0.1) is 0 Å². The number of ether oxygens (including phenoxy) is 1. The van der Waals surface area contributed by atoms with Crippen LogP contribution in [0.3, 0.4) is 0 Å². The number of piperazine rings is 1. The highest BCUT2D eigenvalue weighted by Gasteiger charge is 2.25. The van der Waals surface area contributed by atoms with E-state index in [0.717, 1.165) is 66.9 Å². The zero-order chi connectivity index (χ0) is 26.4. The quantitative estimate of drug-likeness (QED) is 0.282. The van der Waals surface area contributed by atoms with Gasteiger partial charge in [0, 0.05) is 57.7 Å². The lowest BCUT2D eigenvalue weighted by Crippen LogP contribution is -2.48. The molecule has 0 spiro atoms. The lowest BCUT2D eigenvalue weighted by molar-refractivity contribution is 0.0724. The summed E-state index contributed by atoms with van der Waals surface area (Å²) in [6.07, 6.45) is 10.5. The summed E-state index contributed by atoms with van der Waals surface area (Å²) < 4.78 is 9.58. The van der Waals surface area contributed by atoms with Crippen molar-refractivity contribution in [3.05, 3.63) is 54.6 Å². The van der Waals surface area contributed by atoms with Crippen molar-refractivity contribution in [2.24, 2.45) is 0 Å². The van der Waals surface area contributed by atoms with Crippen molar-refractivity contribution in [3.63, 3.8) is 0 Å². The zero-order valence-electron chi connectivity index (χ0n) is 22.3. The van der Waals surface area contributed by atoms with Crippen molar-refractivity contribution in [3.8, 4) is 5.69 Å². The Bertz CT molecular complexity index is 1330. The number of anilines is 2.